The SMILES string of the molecule is C[C@]12CCC(=O)C(N)C1CC[C@@H]1[C@H]2CC[C@]2(C)C(=O)C=C[C@@H]12. The topological polar surface area (TPSA) is 60.2 Å². The first-order chi connectivity index (χ1) is 10.4. The third kappa shape index (κ3) is 1.66. The molecule has 4 rings (SSSR count). The van der Waals surface area contributed by atoms with Gasteiger partial charge in [-0.1, -0.05) is 19.9 Å². The number of rotatable bonds is 0. The predicted octanol–water partition coefficient (Wildman–Crippen LogP) is 2.88. The molecule has 0 amide bonds. The first-order valence-corrected chi connectivity index (χ1v) is 8.89. The fourth-order valence-electron chi connectivity index (χ4n) is 6.50. The van der Waals surface area contributed by atoms with E-state index in [2.05, 4.69) is 19.9 Å². The summed E-state index contributed by atoms with van der Waals surface area (Å²) in [6.45, 7) is 4.55. The molecule has 4 aliphatic carbocycles. The van der Waals surface area contributed by atoms with Crippen LogP contribution in [-0.4, -0.2) is 17.6 Å². The van der Waals surface area contributed by atoms with Crippen molar-refractivity contribution in [2.24, 2.45) is 40.2 Å². The van der Waals surface area contributed by atoms with E-state index in [9.17, 15) is 9.59 Å². The third-order valence-electron chi connectivity index (χ3n) is 7.93. The molecule has 2 N–H and O–H groups in total. The number of allylic oxidation sites excluding steroid dienone is 2. The Kier molecular flexibility index (Phi) is 3.01. The van der Waals surface area contributed by atoms with Crippen LogP contribution in [0.5, 0.6) is 0 Å². The number of nitrogens with two attached hydrogens (primary N) is 1. The molecule has 4 aliphatic rings. The van der Waals surface area contributed by atoms with Crippen LogP contribution in [0.2, 0.25) is 0 Å². The van der Waals surface area contributed by atoms with E-state index >= 15 is 0 Å². The molecule has 3 heteroatoms. The van der Waals surface area contributed by atoms with E-state index in [4.69, 9.17) is 5.73 Å². The number of carbonyl (C=O) groups excluding carboxylic acids is 2. The van der Waals surface area contributed by atoms with Gasteiger partial charge >= 0.3 is 0 Å². The summed E-state index contributed by atoms with van der Waals surface area (Å²) in [4.78, 5) is 24.4. The minimum absolute atomic E-state index is 0.156. The Bertz CT molecular complexity index is 568. The molecule has 0 aromatic heterocycles. The molecule has 3 fully saturated rings. The molecule has 3 nitrogen and oxygen atoms in total. The quantitative estimate of drug-likeness (QED) is 0.748. The molecule has 22 heavy (non-hydrogen) atoms. The lowest BCUT2D eigenvalue weighted by Gasteiger charge is -2.60. The van der Waals surface area contributed by atoms with Gasteiger partial charge in [0.1, 0.15) is 5.78 Å². The molecular weight excluding hydrogens is 274 g/mol. The highest BCUT2D eigenvalue weighted by Gasteiger charge is 2.60. The van der Waals surface area contributed by atoms with Crippen molar-refractivity contribution < 1.29 is 9.59 Å². The number of fused-ring (bicyclic) bond motifs is 5. The zero-order valence-electron chi connectivity index (χ0n) is 13.7. The Balaban J connectivity index is 1.68. The summed E-state index contributed by atoms with van der Waals surface area (Å²) in [6.07, 6.45) is 9.97. The van der Waals surface area contributed by atoms with Crippen molar-refractivity contribution in [3.63, 3.8) is 0 Å². The lowest BCUT2D eigenvalue weighted by atomic mass is 9.44. The first kappa shape index (κ1) is 14.6. The molecule has 0 heterocycles. The molecular formula is C19H27NO2. The second-order valence-corrected chi connectivity index (χ2v) is 8.66. The van der Waals surface area contributed by atoms with Crippen LogP contribution in [0.25, 0.3) is 0 Å². The van der Waals surface area contributed by atoms with Crippen LogP contribution in [0.15, 0.2) is 12.2 Å². The fraction of sp³-hybridized carbons (Fsp3) is 0.789. The Hall–Kier alpha value is -0.960. The summed E-state index contributed by atoms with van der Waals surface area (Å²) < 4.78 is 0. The van der Waals surface area contributed by atoms with Crippen LogP contribution in [0, 0.1) is 34.5 Å². The number of hydrogen-bond acceptors (Lipinski definition) is 3. The number of carbonyl (C=O) groups is 2. The summed E-state index contributed by atoms with van der Waals surface area (Å²) in [6, 6.07) is -0.256. The van der Waals surface area contributed by atoms with E-state index in [1.165, 1.54) is 0 Å². The van der Waals surface area contributed by atoms with Crippen molar-refractivity contribution >= 4 is 11.6 Å². The maximum atomic E-state index is 12.3. The molecule has 0 bridgehead atoms. The van der Waals surface area contributed by atoms with Crippen molar-refractivity contribution in [3.8, 4) is 0 Å². The minimum Gasteiger partial charge on any atom is -0.321 e. The van der Waals surface area contributed by atoms with Gasteiger partial charge in [-0.2, -0.15) is 0 Å². The van der Waals surface area contributed by atoms with Crippen LogP contribution in [0.1, 0.15) is 52.4 Å². The molecule has 0 aliphatic heterocycles. The van der Waals surface area contributed by atoms with E-state index in [0.717, 1.165) is 32.1 Å². The third-order valence-corrected chi connectivity index (χ3v) is 7.93. The lowest BCUT2D eigenvalue weighted by Crippen LogP contribution is -2.59. The second-order valence-electron chi connectivity index (χ2n) is 8.66. The lowest BCUT2D eigenvalue weighted by molar-refractivity contribution is -0.144. The smallest absolute Gasteiger partial charge is 0.161 e. The summed E-state index contributed by atoms with van der Waals surface area (Å²) >= 11 is 0. The maximum Gasteiger partial charge on any atom is 0.161 e. The summed E-state index contributed by atoms with van der Waals surface area (Å²) in [7, 11) is 0. The second kappa shape index (κ2) is 4.53. The summed E-state index contributed by atoms with van der Waals surface area (Å²) in [5.41, 5.74) is 6.31. The predicted molar refractivity (Wildman–Crippen MR) is 85.0 cm³/mol. The Labute approximate surface area is 132 Å². The van der Waals surface area contributed by atoms with Gasteiger partial charge in [0.15, 0.2) is 5.78 Å². The normalized spacial score (nSPS) is 53.9. The van der Waals surface area contributed by atoms with Gasteiger partial charge in [0.2, 0.25) is 0 Å². The molecule has 0 aromatic rings. The van der Waals surface area contributed by atoms with E-state index in [-0.39, 0.29) is 22.7 Å². The van der Waals surface area contributed by atoms with Crippen molar-refractivity contribution in [1.82, 2.24) is 0 Å². The average Bonchev–Trinajstić information content (AvgIpc) is 2.79. The van der Waals surface area contributed by atoms with Crippen molar-refractivity contribution in [2.45, 2.75) is 58.4 Å². The van der Waals surface area contributed by atoms with Gasteiger partial charge in [-0.3, -0.25) is 9.59 Å². The Morgan fingerprint density at radius 1 is 1.09 bits per heavy atom. The summed E-state index contributed by atoms with van der Waals surface area (Å²) in [5, 5.41) is 0. The number of Topliss-reactive ketones (excluding diaryl/α,β-unsaturated/α-hetero) is 1. The van der Waals surface area contributed by atoms with Crippen molar-refractivity contribution in [3.05, 3.63) is 12.2 Å². The van der Waals surface area contributed by atoms with Gasteiger partial charge in [0.05, 0.1) is 6.04 Å². The monoisotopic (exact) mass is 301 g/mol. The Morgan fingerprint density at radius 3 is 2.64 bits per heavy atom. The van der Waals surface area contributed by atoms with Crippen LogP contribution < -0.4 is 5.73 Å². The fourth-order valence-corrected chi connectivity index (χ4v) is 6.50. The van der Waals surface area contributed by atoms with Crippen LogP contribution in [0.3, 0.4) is 0 Å². The molecule has 7 atom stereocenters. The van der Waals surface area contributed by atoms with Crippen molar-refractivity contribution in [1.29, 1.82) is 0 Å². The highest BCUT2D eigenvalue weighted by molar-refractivity contribution is 5.97. The zero-order valence-corrected chi connectivity index (χ0v) is 13.7. The first-order valence-electron chi connectivity index (χ1n) is 8.89. The molecule has 0 aromatic carbocycles. The van der Waals surface area contributed by atoms with E-state index in [1.54, 1.807) is 0 Å². The minimum atomic E-state index is -0.256. The van der Waals surface area contributed by atoms with Crippen molar-refractivity contribution in [2.75, 3.05) is 0 Å². The van der Waals surface area contributed by atoms with Crippen LogP contribution >= 0.6 is 0 Å². The molecule has 0 saturated heterocycles. The van der Waals surface area contributed by atoms with Gasteiger partial charge in [-0.25, -0.2) is 0 Å². The van der Waals surface area contributed by atoms with Crippen LogP contribution in [0.4, 0.5) is 0 Å². The van der Waals surface area contributed by atoms with Gasteiger partial charge in [-0.15, -0.1) is 0 Å². The van der Waals surface area contributed by atoms with Gasteiger partial charge in [-0.05, 0) is 67.3 Å². The summed E-state index contributed by atoms with van der Waals surface area (Å²) in [5.74, 6) is 2.57. The maximum absolute atomic E-state index is 12.3. The zero-order chi connectivity index (χ0) is 15.7. The van der Waals surface area contributed by atoms with Gasteiger partial charge in [0.25, 0.3) is 0 Å². The van der Waals surface area contributed by atoms with E-state index < -0.39 is 0 Å². The molecule has 2 unspecified atom stereocenters. The van der Waals surface area contributed by atoms with E-state index in [0.29, 0.717) is 35.9 Å². The highest BCUT2D eigenvalue weighted by atomic mass is 16.1. The molecule has 0 spiro atoms. The largest absolute Gasteiger partial charge is 0.321 e. The highest BCUT2D eigenvalue weighted by Crippen LogP contribution is 2.63. The Morgan fingerprint density at radius 2 is 1.86 bits per heavy atom. The van der Waals surface area contributed by atoms with E-state index in [1.807, 2.05) is 6.08 Å². The number of ketones is 2. The standard InChI is InChI=1S/C19H27NO2/c1-18-10-8-15(21)17(20)14(18)4-3-11-12-5-6-16(22)19(12,2)9-7-13(11)18/h5-6,11-14,17H,3-4,7-10,20H2,1-2H3/t11-,12-,13+,14?,17?,18+,19-/m0/s1. The average molecular weight is 301 g/mol. The van der Waals surface area contributed by atoms with Gasteiger partial charge in [0, 0.05) is 11.8 Å². The molecule has 0 radical (unpaired) electrons. The van der Waals surface area contributed by atoms with Gasteiger partial charge < -0.3 is 5.73 Å². The number of hydrogen-bond donors (Lipinski definition) is 1. The van der Waals surface area contributed by atoms with Crippen LogP contribution in [-0.2, 0) is 9.59 Å². The molecule has 120 valence electrons. The molecule has 3 saturated carbocycles.